The number of ether oxygens (including phenoxy) is 1. The van der Waals surface area contributed by atoms with Crippen molar-refractivity contribution in [2.24, 2.45) is 0 Å². The number of benzene rings is 2. The van der Waals surface area contributed by atoms with Gasteiger partial charge in [-0.1, -0.05) is 24.3 Å². The summed E-state index contributed by atoms with van der Waals surface area (Å²) in [5.41, 5.74) is 7.87. The molecule has 22 heavy (non-hydrogen) atoms. The van der Waals surface area contributed by atoms with Crippen LogP contribution in [0.3, 0.4) is 0 Å². The Labute approximate surface area is 129 Å². The predicted molar refractivity (Wildman–Crippen MR) is 85.7 cm³/mol. The molecule has 0 saturated carbocycles. The maximum absolute atomic E-state index is 10.7. The van der Waals surface area contributed by atoms with Crippen molar-refractivity contribution in [3.8, 4) is 5.75 Å². The van der Waals surface area contributed by atoms with E-state index in [4.69, 9.17) is 10.5 Å². The van der Waals surface area contributed by atoms with E-state index in [1.165, 1.54) is 17.7 Å². The molecule has 0 bridgehead atoms. The Morgan fingerprint density at radius 2 is 1.91 bits per heavy atom. The number of rotatable bonds is 6. The lowest BCUT2D eigenvalue weighted by Gasteiger charge is -2.11. The van der Waals surface area contributed by atoms with E-state index in [2.05, 4.69) is 17.0 Å². The summed E-state index contributed by atoms with van der Waals surface area (Å²) >= 11 is 0. The molecule has 0 aliphatic carbocycles. The first kappa shape index (κ1) is 15.8. The summed E-state index contributed by atoms with van der Waals surface area (Å²) in [4.78, 5) is 12.3. The SMILES string of the molecule is CN(C)Cc1cccc(COc2ccc([N+](=O)[O-])c(N)c2)c1. The third-order valence-electron chi connectivity index (χ3n) is 3.09. The van der Waals surface area contributed by atoms with Gasteiger partial charge in [0.05, 0.1) is 4.92 Å². The summed E-state index contributed by atoms with van der Waals surface area (Å²) in [6.07, 6.45) is 0. The molecule has 0 amide bonds. The molecule has 2 N–H and O–H groups in total. The fourth-order valence-electron chi connectivity index (χ4n) is 2.14. The normalized spacial score (nSPS) is 10.7. The van der Waals surface area contributed by atoms with Gasteiger partial charge in [0, 0.05) is 18.7 Å². The molecule has 0 radical (unpaired) electrons. The van der Waals surface area contributed by atoms with Crippen LogP contribution >= 0.6 is 0 Å². The highest BCUT2D eigenvalue weighted by Crippen LogP contribution is 2.26. The van der Waals surface area contributed by atoms with E-state index in [0.29, 0.717) is 12.4 Å². The van der Waals surface area contributed by atoms with Crippen LogP contribution in [-0.4, -0.2) is 23.9 Å². The van der Waals surface area contributed by atoms with Gasteiger partial charge in [-0.2, -0.15) is 0 Å². The Bertz CT molecular complexity index is 671. The van der Waals surface area contributed by atoms with E-state index in [1.807, 2.05) is 26.2 Å². The number of nitrogen functional groups attached to an aromatic ring is 1. The van der Waals surface area contributed by atoms with Gasteiger partial charge >= 0.3 is 0 Å². The lowest BCUT2D eigenvalue weighted by Crippen LogP contribution is -2.10. The number of hydrogen-bond donors (Lipinski definition) is 1. The molecule has 116 valence electrons. The molecule has 0 saturated heterocycles. The van der Waals surface area contributed by atoms with Crippen LogP contribution in [0.4, 0.5) is 11.4 Å². The highest BCUT2D eigenvalue weighted by molar-refractivity contribution is 5.60. The second-order valence-corrected chi connectivity index (χ2v) is 5.32. The molecule has 6 heteroatoms. The second kappa shape index (κ2) is 6.91. The summed E-state index contributed by atoms with van der Waals surface area (Å²) in [6, 6.07) is 12.5. The van der Waals surface area contributed by atoms with Gasteiger partial charge in [-0.15, -0.1) is 0 Å². The van der Waals surface area contributed by atoms with Crippen LogP contribution in [0.15, 0.2) is 42.5 Å². The quantitative estimate of drug-likeness (QED) is 0.504. The zero-order chi connectivity index (χ0) is 16.1. The Kier molecular flexibility index (Phi) is 4.95. The minimum absolute atomic E-state index is 0.101. The van der Waals surface area contributed by atoms with Crippen molar-refractivity contribution in [2.75, 3.05) is 19.8 Å². The molecule has 0 aliphatic heterocycles. The van der Waals surface area contributed by atoms with Crippen molar-refractivity contribution in [3.05, 3.63) is 63.7 Å². The van der Waals surface area contributed by atoms with Crippen molar-refractivity contribution >= 4 is 11.4 Å². The third-order valence-corrected chi connectivity index (χ3v) is 3.09. The fourth-order valence-corrected chi connectivity index (χ4v) is 2.14. The maximum Gasteiger partial charge on any atom is 0.292 e. The molecule has 0 unspecified atom stereocenters. The molecule has 0 aliphatic rings. The molecular formula is C16H19N3O3. The highest BCUT2D eigenvalue weighted by Gasteiger charge is 2.11. The van der Waals surface area contributed by atoms with E-state index in [-0.39, 0.29) is 11.4 Å². The lowest BCUT2D eigenvalue weighted by molar-refractivity contribution is -0.383. The van der Waals surface area contributed by atoms with Crippen LogP contribution in [-0.2, 0) is 13.2 Å². The summed E-state index contributed by atoms with van der Waals surface area (Å²) in [7, 11) is 4.03. The van der Waals surface area contributed by atoms with Gasteiger partial charge in [0.15, 0.2) is 0 Å². The molecule has 2 aromatic rings. The molecule has 0 fully saturated rings. The Hall–Kier alpha value is -2.60. The van der Waals surface area contributed by atoms with Gasteiger partial charge in [0.1, 0.15) is 18.0 Å². The van der Waals surface area contributed by atoms with Crippen molar-refractivity contribution in [1.29, 1.82) is 0 Å². The number of nitro benzene ring substituents is 1. The van der Waals surface area contributed by atoms with Crippen molar-refractivity contribution in [2.45, 2.75) is 13.2 Å². The van der Waals surface area contributed by atoms with E-state index in [9.17, 15) is 10.1 Å². The fraction of sp³-hybridized carbons (Fsp3) is 0.250. The number of hydrogen-bond acceptors (Lipinski definition) is 5. The number of anilines is 1. The Morgan fingerprint density at radius 3 is 2.55 bits per heavy atom. The van der Waals surface area contributed by atoms with Gasteiger partial charge in [0.25, 0.3) is 5.69 Å². The van der Waals surface area contributed by atoms with Gasteiger partial charge in [-0.3, -0.25) is 10.1 Å². The average molecular weight is 301 g/mol. The van der Waals surface area contributed by atoms with Crippen LogP contribution in [0.1, 0.15) is 11.1 Å². The molecule has 0 aromatic heterocycles. The monoisotopic (exact) mass is 301 g/mol. The molecule has 0 atom stereocenters. The first-order chi connectivity index (χ1) is 10.5. The maximum atomic E-state index is 10.7. The van der Waals surface area contributed by atoms with Crippen LogP contribution in [0.5, 0.6) is 5.75 Å². The van der Waals surface area contributed by atoms with Crippen molar-refractivity contribution in [1.82, 2.24) is 4.90 Å². The Balaban J connectivity index is 2.04. The molecule has 2 aromatic carbocycles. The summed E-state index contributed by atoms with van der Waals surface area (Å²) < 4.78 is 5.65. The summed E-state index contributed by atoms with van der Waals surface area (Å²) in [5, 5.41) is 10.7. The minimum atomic E-state index is -0.510. The molecular weight excluding hydrogens is 282 g/mol. The summed E-state index contributed by atoms with van der Waals surface area (Å²) in [5.74, 6) is 0.515. The van der Waals surface area contributed by atoms with Gasteiger partial charge in [-0.25, -0.2) is 0 Å². The Morgan fingerprint density at radius 1 is 1.18 bits per heavy atom. The molecule has 2 rings (SSSR count). The van der Waals surface area contributed by atoms with Crippen LogP contribution in [0.2, 0.25) is 0 Å². The molecule has 6 nitrogen and oxygen atoms in total. The highest BCUT2D eigenvalue weighted by atomic mass is 16.6. The van der Waals surface area contributed by atoms with E-state index < -0.39 is 4.92 Å². The topological polar surface area (TPSA) is 81.6 Å². The largest absolute Gasteiger partial charge is 0.489 e. The smallest absolute Gasteiger partial charge is 0.292 e. The first-order valence-corrected chi connectivity index (χ1v) is 6.85. The predicted octanol–water partition coefficient (Wildman–Crippen LogP) is 2.82. The van der Waals surface area contributed by atoms with Crippen molar-refractivity contribution in [3.63, 3.8) is 0 Å². The van der Waals surface area contributed by atoms with Crippen LogP contribution in [0.25, 0.3) is 0 Å². The summed E-state index contributed by atoms with van der Waals surface area (Å²) in [6.45, 7) is 1.25. The molecule has 0 heterocycles. The van der Waals surface area contributed by atoms with Gasteiger partial charge < -0.3 is 15.4 Å². The van der Waals surface area contributed by atoms with Crippen molar-refractivity contribution < 1.29 is 9.66 Å². The average Bonchev–Trinajstić information content (AvgIpc) is 2.44. The first-order valence-electron chi connectivity index (χ1n) is 6.85. The number of nitrogens with two attached hydrogens (primary N) is 1. The second-order valence-electron chi connectivity index (χ2n) is 5.32. The zero-order valence-corrected chi connectivity index (χ0v) is 12.7. The zero-order valence-electron chi connectivity index (χ0n) is 12.7. The molecule has 0 spiro atoms. The van der Waals surface area contributed by atoms with Gasteiger partial charge in [-0.05, 0) is 31.3 Å². The van der Waals surface area contributed by atoms with Gasteiger partial charge in [0.2, 0.25) is 0 Å². The third kappa shape index (κ3) is 4.20. The van der Waals surface area contributed by atoms with Crippen LogP contribution in [0, 0.1) is 10.1 Å². The number of nitrogens with zero attached hydrogens (tertiary/aromatic N) is 2. The minimum Gasteiger partial charge on any atom is -0.489 e. The van der Waals surface area contributed by atoms with E-state index in [1.54, 1.807) is 6.07 Å². The lowest BCUT2D eigenvalue weighted by atomic mass is 10.1. The van der Waals surface area contributed by atoms with Crippen LogP contribution < -0.4 is 10.5 Å². The van der Waals surface area contributed by atoms with E-state index >= 15 is 0 Å². The number of nitro groups is 1. The van der Waals surface area contributed by atoms with E-state index in [0.717, 1.165) is 12.1 Å². The standard InChI is InChI=1S/C16H19N3O3/c1-18(2)10-12-4-3-5-13(8-12)11-22-14-6-7-16(19(20)21)15(17)9-14/h3-9H,10-11,17H2,1-2H3.